The number of carbonyl (C=O) groups is 1. The van der Waals surface area contributed by atoms with Gasteiger partial charge in [0.1, 0.15) is 19.3 Å². The van der Waals surface area contributed by atoms with Gasteiger partial charge in [0.2, 0.25) is 0 Å². The minimum Gasteiger partial charge on any atom is -0.756 e. The number of rotatable bonds is 43. The molecule has 0 radical (unpaired) electrons. The standard InChI is InChI=1S/C52H90NO7P/c1-6-8-10-12-14-16-18-20-22-24-26-27-28-29-31-33-35-37-39-41-43-45-52(54)60-51(50-59-61(55,56)58-48-46-53(3,4)5)49-57-47-44-42-40-38-36-34-32-30-25-23-21-19-17-15-13-11-9-7-2/h8-11,14-17,20-23,26-27,29,31,51H,6-7,12-13,18-19,24-25,28,30,32-50H2,1-5H3/b10-8-,11-9-,16-14-,17-15-,22-20-,23-21-,27-26-,31-29-. The van der Waals surface area contributed by atoms with Crippen molar-refractivity contribution >= 4 is 13.8 Å². The summed E-state index contributed by atoms with van der Waals surface area (Å²) in [7, 11) is 1.32. The van der Waals surface area contributed by atoms with E-state index in [4.69, 9.17) is 18.5 Å². The lowest BCUT2D eigenvalue weighted by Gasteiger charge is -2.28. The maximum Gasteiger partial charge on any atom is 0.306 e. The van der Waals surface area contributed by atoms with Gasteiger partial charge < -0.3 is 27.9 Å². The van der Waals surface area contributed by atoms with Crippen LogP contribution in [0.4, 0.5) is 0 Å². The number of esters is 1. The van der Waals surface area contributed by atoms with Gasteiger partial charge >= 0.3 is 5.97 Å². The molecule has 350 valence electrons. The molecule has 0 fully saturated rings. The summed E-state index contributed by atoms with van der Waals surface area (Å²) in [4.78, 5) is 25.1. The molecular weight excluding hydrogens is 782 g/mol. The quantitative estimate of drug-likeness (QED) is 0.0198. The summed E-state index contributed by atoms with van der Waals surface area (Å²) < 4.78 is 34.7. The van der Waals surface area contributed by atoms with E-state index in [2.05, 4.69) is 111 Å². The smallest absolute Gasteiger partial charge is 0.306 e. The van der Waals surface area contributed by atoms with E-state index in [9.17, 15) is 14.3 Å². The monoisotopic (exact) mass is 872 g/mol. The first-order chi connectivity index (χ1) is 29.6. The van der Waals surface area contributed by atoms with E-state index in [0.29, 0.717) is 17.6 Å². The van der Waals surface area contributed by atoms with Crippen molar-refractivity contribution < 1.29 is 37.3 Å². The second-order valence-corrected chi connectivity index (χ2v) is 18.1. The Labute approximate surface area is 375 Å². The average Bonchev–Trinajstić information content (AvgIpc) is 3.22. The molecule has 2 atom stereocenters. The minimum absolute atomic E-state index is 0.0146. The van der Waals surface area contributed by atoms with Crippen LogP contribution in [0.2, 0.25) is 0 Å². The Morgan fingerprint density at radius 1 is 0.508 bits per heavy atom. The molecule has 0 amide bonds. The number of carbonyl (C=O) groups excluding carboxylic acids is 1. The Hall–Kier alpha value is -2.58. The van der Waals surface area contributed by atoms with Crippen LogP contribution in [-0.4, -0.2) is 70.7 Å². The topological polar surface area (TPSA) is 94.1 Å². The van der Waals surface area contributed by atoms with Gasteiger partial charge in [-0.25, -0.2) is 0 Å². The number of hydrogen-bond acceptors (Lipinski definition) is 7. The van der Waals surface area contributed by atoms with Crippen LogP contribution in [0.1, 0.15) is 168 Å². The highest BCUT2D eigenvalue weighted by molar-refractivity contribution is 7.45. The lowest BCUT2D eigenvalue weighted by molar-refractivity contribution is -0.870. The van der Waals surface area contributed by atoms with Gasteiger partial charge in [0.15, 0.2) is 0 Å². The van der Waals surface area contributed by atoms with Crippen LogP contribution in [-0.2, 0) is 27.9 Å². The number of ether oxygens (including phenoxy) is 2. The molecule has 0 aromatic rings. The molecule has 0 saturated heterocycles. The van der Waals surface area contributed by atoms with Crippen molar-refractivity contribution in [1.82, 2.24) is 0 Å². The van der Waals surface area contributed by atoms with E-state index in [0.717, 1.165) is 116 Å². The summed E-state index contributed by atoms with van der Waals surface area (Å²) in [6.45, 7) is 5.12. The molecule has 0 aliphatic rings. The fourth-order valence-electron chi connectivity index (χ4n) is 6.00. The maximum absolute atomic E-state index is 12.7. The van der Waals surface area contributed by atoms with Gasteiger partial charge in [0.25, 0.3) is 7.82 Å². The molecule has 9 heteroatoms. The van der Waals surface area contributed by atoms with Crippen LogP contribution >= 0.6 is 7.82 Å². The molecule has 0 rings (SSSR count). The van der Waals surface area contributed by atoms with Crippen molar-refractivity contribution in [3.8, 4) is 0 Å². The van der Waals surface area contributed by atoms with Crippen molar-refractivity contribution in [2.75, 3.05) is 54.1 Å². The molecule has 0 bridgehead atoms. The highest BCUT2D eigenvalue weighted by Gasteiger charge is 2.20. The fourth-order valence-corrected chi connectivity index (χ4v) is 6.73. The molecule has 0 saturated carbocycles. The number of likely N-dealkylation sites (N-methyl/N-ethyl adjacent to an activating group) is 1. The molecule has 0 spiro atoms. The van der Waals surface area contributed by atoms with Crippen LogP contribution in [0.5, 0.6) is 0 Å². The van der Waals surface area contributed by atoms with Crippen molar-refractivity contribution in [3.63, 3.8) is 0 Å². The zero-order valence-electron chi connectivity index (χ0n) is 39.6. The lowest BCUT2D eigenvalue weighted by atomic mass is 10.1. The molecule has 0 aromatic carbocycles. The Morgan fingerprint density at radius 2 is 0.902 bits per heavy atom. The minimum atomic E-state index is -4.54. The lowest BCUT2D eigenvalue weighted by Crippen LogP contribution is -2.37. The molecule has 61 heavy (non-hydrogen) atoms. The predicted molar refractivity (Wildman–Crippen MR) is 258 cm³/mol. The second kappa shape index (κ2) is 44.0. The maximum atomic E-state index is 12.7. The van der Waals surface area contributed by atoms with E-state index in [1.54, 1.807) is 0 Å². The highest BCUT2D eigenvalue weighted by atomic mass is 31.2. The first-order valence-corrected chi connectivity index (χ1v) is 25.4. The SMILES string of the molecule is CC/C=C\C/C=C\C/C=C\C/C=C\C/C=C\CCCCCCCC(=O)OC(COCCCCCCCCCC/C=C\C/C=C\C/C=C\CC)COP(=O)([O-])OCC[N+](C)(C)C. The van der Waals surface area contributed by atoms with Gasteiger partial charge in [0, 0.05) is 13.0 Å². The van der Waals surface area contributed by atoms with Crippen molar-refractivity contribution in [2.45, 2.75) is 174 Å². The number of allylic oxidation sites excluding steroid dienone is 16. The van der Waals surface area contributed by atoms with Crippen LogP contribution in [0.15, 0.2) is 97.2 Å². The number of phosphoric ester groups is 1. The van der Waals surface area contributed by atoms with Gasteiger partial charge in [-0.2, -0.15) is 0 Å². The van der Waals surface area contributed by atoms with E-state index < -0.39 is 13.9 Å². The third-order valence-corrected chi connectivity index (χ3v) is 10.6. The number of phosphoric acid groups is 1. The molecule has 0 aliphatic heterocycles. The summed E-state index contributed by atoms with van der Waals surface area (Å²) in [5.74, 6) is -0.359. The zero-order chi connectivity index (χ0) is 44.8. The highest BCUT2D eigenvalue weighted by Crippen LogP contribution is 2.38. The molecule has 0 heterocycles. The third-order valence-electron chi connectivity index (χ3n) is 9.63. The molecule has 0 aromatic heterocycles. The third kappa shape index (κ3) is 48.3. The van der Waals surface area contributed by atoms with Crippen LogP contribution in [0.25, 0.3) is 0 Å². The van der Waals surface area contributed by atoms with Gasteiger partial charge in [0.05, 0.1) is 34.4 Å². The number of hydrogen-bond donors (Lipinski definition) is 0. The fraction of sp³-hybridized carbons (Fsp3) is 0.673. The molecule has 2 unspecified atom stereocenters. The summed E-state index contributed by atoms with van der Waals surface area (Å²) in [6, 6.07) is 0. The summed E-state index contributed by atoms with van der Waals surface area (Å²) >= 11 is 0. The Kier molecular flexibility index (Phi) is 42.2. The molecule has 0 N–H and O–H groups in total. The molecule has 8 nitrogen and oxygen atoms in total. The Balaban J connectivity index is 4.27. The van der Waals surface area contributed by atoms with Crippen molar-refractivity contribution in [3.05, 3.63) is 97.2 Å². The van der Waals surface area contributed by atoms with E-state index in [1.165, 1.54) is 32.1 Å². The normalized spacial score (nSPS) is 14.5. The summed E-state index contributed by atoms with van der Waals surface area (Å²) in [6.07, 6.45) is 59.9. The number of nitrogens with zero attached hydrogens (tertiary/aromatic N) is 1. The van der Waals surface area contributed by atoms with Crippen molar-refractivity contribution in [1.29, 1.82) is 0 Å². The number of quaternary nitrogens is 1. The van der Waals surface area contributed by atoms with Gasteiger partial charge in [-0.15, -0.1) is 0 Å². The largest absolute Gasteiger partial charge is 0.756 e. The number of unbranched alkanes of at least 4 members (excludes halogenated alkanes) is 13. The van der Waals surface area contributed by atoms with Gasteiger partial charge in [-0.05, 0) is 89.9 Å². The first-order valence-electron chi connectivity index (χ1n) is 24.0. The van der Waals surface area contributed by atoms with Crippen LogP contribution in [0.3, 0.4) is 0 Å². The molecule has 0 aliphatic carbocycles. The molecular formula is C52H90NO7P. The van der Waals surface area contributed by atoms with E-state index in [-0.39, 0.29) is 32.2 Å². The van der Waals surface area contributed by atoms with Crippen LogP contribution < -0.4 is 4.89 Å². The first kappa shape index (κ1) is 58.4. The van der Waals surface area contributed by atoms with E-state index in [1.807, 2.05) is 21.1 Å². The van der Waals surface area contributed by atoms with Gasteiger partial charge in [-0.1, -0.05) is 169 Å². The summed E-state index contributed by atoms with van der Waals surface area (Å²) in [5.41, 5.74) is 0. The summed E-state index contributed by atoms with van der Waals surface area (Å²) in [5, 5.41) is 0. The van der Waals surface area contributed by atoms with Crippen molar-refractivity contribution in [2.24, 2.45) is 0 Å². The Bertz CT molecular complexity index is 1290. The van der Waals surface area contributed by atoms with Crippen LogP contribution in [0, 0.1) is 0 Å². The second-order valence-electron chi connectivity index (χ2n) is 16.7. The zero-order valence-corrected chi connectivity index (χ0v) is 40.5. The van der Waals surface area contributed by atoms with Gasteiger partial charge in [-0.3, -0.25) is 9.36 Å². The predicted octanol–water partition coefficient (Wildman–Crippen LogP) is 14.0. The average molecular weight is 872 g/mol. The van der Waals surface area contributed by atoms with E-state index >= 15 is 0 Å². The Morgan fingerprint density at radius 3 is 1.34 bits per heavy atom.